The summed E-state index contributed by atoms with van der Waals surface area (Å²) in [4.78, 5) is 10.9. The van der Waals surface area contributed by atoms with Crippen LogP contribution in [0.3, 0.4) is 0 Å². The maximum absolute atomic E-state index is 10.9. The van der Waals surface area contributed by atoms with Gasteiger partial charge in [-0.2, -0.15) is 0 Å². The summed E-state index contributed by atoms with van der Waals surface area (Å²) in [7, 11) is 1.63. The second kappa shape index (κ2) is 6.26. The second-order valence-corrected chi connectivity index (χ2v) is 4.71. The summed E-state index contributed by atoms with van der Waals surface area (Å²) in [5, 5.41) is 3.67. The van der Waals surface area contributed by atoms with Crippen molar-refractivity contribution in [2.45, 2.75) is 5.75 Å². The molecule has 0 aromatic heterocycles. The maximum atomic E-state index is 10.9. The van der Waals surface area contributed by atoms with Crippen molar-refractivity contribution in [2.75, 3.05) is 12.8 Å². The molecule has 0 radical (unpaired) electrons. The van der Waals surface area contributed by atoms with Crippen molar-refractivity contribution in [3.63, 3.8) is 0 Å². The fourth-order valence-electron chi connectivity index (χ4n) is 0.963. The van der Waals surface area contributed by atoms with Crippen LogP contribution in [0, 0.1) is 0 Å². The molecule has 0 spiro atoms. The molecular weight excluding hydrogens is 253 g/mol. The molecule has 0 heterocycles. The van der Waals surface area contributed by atoms with Gasteiger partial charge in [0.15, 0.2) is 0 Å². The highest BCUT2D eigenvalue weighted by Crippen LogP contribution is 2.24. The molecule has 1 rings (SSSR count). The third kappa shape index (κ3) is 4.33. The van der Waals surface area contributed by atoms with Crippen molar-refractivity contribution in [1.29, 1.82) is 0 Å². The lowest BCUT2D eigenvalue weighted by Crippen LogP contribution is -2.19. The molecule has 82 valence electrons. The normalized spacial score (nSPS) is 10.1. The largest absolute Gasteiger partial charge is 0.358 e. The number of halogens is 2. The highest BCUT2D eigenvalue weighted by molar-refractivity contribution is 7.99. The Labute approximate surface area is 103 Å². The summed E-state index contributed by atoms with van der Waals surface area (Å²) in [6, 6.07) is 5.49. The Hall–Kier alpha value is -0.380. The molecule has 15 heavy (non-hydrogen) atoms. The summed E-state index contributed by atoms with van der Waals surface area (Å²) in [6.45, 7) is 0. The van der Waals surface area contributed by atoms with E-state index in [1.807, 2.05) is 12.1 Å². The van der Waals surface area contributed by atoms with Gasteiger partial charge in [-0.25, -0.2) is 0 Å². The van der Waals surface area contributed by atoms with E-state index in [2.05, 4.69) is 5.32 Å². The predicted molar refractivity (Wildman–Crippen MR) is 66.7 cm³/mol. The molecule has 1 N–H and O–H groups in total. The number of thioether (sulfide) groups is 1. The minimum atomic E-state index is 0.0278. The molecule has 0 unspecified atom stereocenters. The number of benzene rings is 1. The van der Waals surface area contributed by atoms with E-state index in [0.717, 1.165) is 11.3 Å². The molecule has 1 amide bonds. The molecule has 0 aliphatic carbocycles. The lowest BCUT2D eigenvalue weighted by atomic mass is 10.2. The monoisotopic (exact) mass is 263 g/mol. The van der Waals surface area contributed by atoms with Crippen LogP contribution in [0.1, 0.15) is 5.56 Å². The van der Waals surface area contributed by atoms with Gasteiger partial charge >= 0.3 is 0 Å². The van der Waals surface area contributed by atoms with Crippen LogP contribution in [0.25, 0.3) is 0 Å². The van der Waals surface area contributed by atoms with Gasteiger partial charge in [-0.1, -0.05) is 29.3 Å². The molecule has 0 bridgehead atoms. The van der Waals surface area contributed by atoms with E-state index in [1.54, 1.807) is 13.1 Å². The van der Waals surface area contributed by atoms with Crippen molar-refractivity contribution in [1.82, 2.24) is 5.32 Å². The summed E-state index contributed by atoms with van der Waals surface area (Å²) in [5.41, 5.74) is 1.07. The fourth-order valence-corrected chi connectivity index (χ4v) is 2.13. The van der Waals surface area contributed by atoms with Crippen molar-refractivity contribution in [3.05, 3.63) is 33.8 Å². The Balaban J connectivity index is 2.44. The van der Waals surface area contributed by atoms with Gasteiger partial charge in [0.2, 0.25) is 5.91 Å². The Morgan fingerprint density at radius 1 is 1.40 bits per heavy atom. The zero-order chi connectivity index (χ0) is 11.3. The maximum Gasteiger partial charge on any atom is 0.229 e. The van der Waals surface area contributed by atoms with Crippen LogP contribution in [0.2, 0.25) is 10.0 Å². The Bertz CT molecular complexity index is 357. The predicted octanol–water partition coefficient (Wildman–Crippen LogP) is 2.97. The van der Waals surface area contributed by atoms with Crippen LogP contribution < -0.4 is 5.32 Å². The van der Waals surface area contributed by atoms with Crippen LogP contribution in [-0.2, 0) is 10.5 Å². The summed E-state index contributed by atoms with van der Waals surface area (Å²) in [5.74, 6) is 1.24. The average molecular weight is 264 g/mol. The van der Waals surface area contributed by atoms with E-state index in [1.165, 1.54) is 11.8 Å². The molecule has 5 heteroatoms. The molecule has 0 aliphatic heterocycles. The molecule has 0 atom stereocenters. The van der Waals surface area contributed by atoms with Gasteiger partial charge in [0.1, 0.15) is 0 Å². The fraction of sp³-hybridized carbons (Fsp3) is 0.300. The summed E-state index contributed by atoms with van der Waals surface area (Å²) >= 11 is 13.2. The van der Waals surface area contributed by atoms with Crippen molar-refractivity contribution >= 4 is 40.9 Å². The lowest BCUT2D eigenvalue weighted by molar-refractivity contribution is -0.118. The Morgan fingerprint density at radius 3 is 2.73 bits per heavy atom. The molecular formula is C10H11Cl2NOS. The SMILES string of the molecule is CNC(=O)CSCc1ccc(Cl)c(Cl)c1. The number of hydrogen-bond acceptors (Lipinski definition) is 2. The van der Waals surface area contributed by atoms with E-state index < -0.39 is 0 Å². The van der Waals surface area contributed by atoms with Gasteiger partial charge in [-0.15, -0.1) is 11.8 Å². The molecule has 2 nitrogen and oxygen atoms in total. The molecule has 0 fully saturated rings. The first-order chi connectivity index (χ1) is 7.13. The zero-order valence-corrected chi connectivity index (χ0v) is 10.5. The van der Waals surface area contributed by atoms with Crippen molar-refractivity contribution in [3.8, 4) is 0 Å². The van der Waals surface area contributed by atoms with Crippen LogP contribution in [0.4, 0.5) is 0 Å². The number of carbonyl (C=O) groups is 1. The smallest absolute Gasteiger partial charge is 0.229 e. The number of carbonyl (C=O) groups excluding carboxylic acids is 1. The van der Waals surface area contributed by atoms with Gasteiger partial charge in [0.25, 0.3) is 0 Å². The van der Waals surface area contributed by atoms with Crippen LogP contribution in [0.15, 0.2) is 18.2 Å². The van der Waals surface area contributed by atoms with E-state index in [4.69, 9.17) is 23.2 Å². The molecule has 1 aromatic carbocycles. The Morgan fingerprint density at radius 2 is 2.13 bits per heavy atom. The highest BCUT2D eigenvalue weighted by Gasteiger charge is 2.01. The number of amides is 1. The first-order valence-corrected chi connectivity index (χ1v) is 6.27. The van der Waals surface area contributed by atoms with E-state index in [-0.39, 0.29) is 5.91 Å². The topological polar surface area (TPSA) is 29.1 Å². The average Bonchev–Trinajstić information content (AvgIpc) is 2.23. The highest BCUT2D eigenvalue weighted by atomic mass is 35.5. The Kier molecular flexibility index (Phi) is 5.29. The molecule has 0 saturated heterocycles. The second-order valence-electron chi connectivity index (χ2n) is 2.91. The van der Waals surface area contributed by atoms with Crippen molar-refractivity contribution in [2.24, 2.45) is 0 Å². The van der Waals surface area contributed by atoms with E-state index in [9.17, 15) is 4.79 Å². The number of hydrogen-bond donors (Lipinski definition) is 1. The van der Waals surface area contributed by atoms with Gasteiger partial charge in [-0.05, 0) is 17.7 Å². The van der Waals surface area contributed by atoms with Crippen molar-refractivity contribution < 1.29 is 4.79 Å². The standard InChI is InChI=1S/C10H11Cl2NOS/c1-13-10(14)6-15-5-7-2-3-8(11)9(12)4-7/h2-4H,5-6H2,1H3,(H,13,14). The summed E-state index contributed by atoms with van der Waals surface area (Å²) in [6.07, 6.45) is 0. The van der Waals surface area contributed by atoms with E-state index >= 15 is 0 Å². The van der Waals surface area contributed by atoms with Crippen LogP contribution >= 0.6 is 35.0 Å². The first-order valence-electron chi connectivity index (χ1n) is 4.35. The molecule has 0 saturated carbocycles. The first kappa shape index (κ1) is 12.7. The minimum Gasteiger partial charge on any atom is -0.358 e. The van der Waals surface area contributed by atoms with E-state index in [0.29, 0.717) is 15.8 Å². The van der Waals surface area contributed by atoms with Crippen LogP contribution in [-0.4, -0.2) is 18.7 Å². The molecule has 0 aliphatic rings. The van der Waals surface area contributed by atoms with Gasteiger partial charge in [0.05, 0.1) is 15.8 Å². The minimum absolute atomic E-state index is 0.0278. The quantitative estimate of drug-likeness (QED) is 0.905. The third-order valence-corrected chi connectivity index (χ3v) is 3.51. The number of rotatable bonds is 4. The molecule has 1 aromatic rings. The van der Waals surface area contributed by atoms with Gasteiger partial charge < -0.3 is 5.32 Å². The zero-order valence-electron chi connectivity index (χ0n) is 8.22. The summed E-state index contributed by atoms with van der Waals surface area (Å²) < 4.78 is 0. The third-order valence-electron chi connectivity index (χ3n) is 1.76. The number of nitrogens with one attached hydrogen (secondary N) is 1. The van der Waals surface area contributed by atoms with Gasteiger partial charge in [0, 0.05) is 12.8 Å². The van der Waals surface area contributed by atoms with Crippen LogP contribution in [0.5, 0.6) is 0 Å². The lowest BCUT2D eigenvalue weighted by Gasteiger charge is -2.03. The van der Waals surface area contributed by atoms with Gasteiger partial charge in [-0.3, -0.25) is 4.79 Å².